The van der Waals surface area contributed by atoms with Gasteiger partial charge in [-0.2, -0.15) is 0 Å². The smallest absolute Gasteiger partial charge is 0.242 e. The van der Waals surface area contributed by atoms with E-state index in [1.807, 2.05) is 17.0 Å². The van der Waals surface area contributed by atoms with Gasteiger partial charge < -0.3 is 11.1 Å². The molecule has 4 N–H and O–H groups in total. The normalized spacial score (nSPS) is 16.9. The number of hydrogen-bond donors (Lipinski definition) is 3. The van der Waals surface area contributed by atoms with Gasteiger partial charge in [0.15, 0.2) is 0 Å². The minimum absolute atomic E-state index is 0.0305. The average molecular weight is 465 g/mol. The summed E-state index contributed by atoms with van der Waals surface area (Å²) in [6.07, 6.45) is 1.58. The summed E-state index contributed by atoms with van der Waals surface area (Å²) in [6, 6.07) is 13.1. The van der Waals surface area contributed by atoms with Crippen LogP contribution in [0.25, 0.3) is 0 Å². The lowest BCUT2D eigenvalue weighted by atomic mass is 10.1. The number of amides is 2. The standard InChI is InChI=1S/C21H25ClN4O4S/c22-16-7-2-4-10-19(16)31(29,30)24-12-11-20(27)25-17-8-3-1-6-15(17)14-26-13-5-9-18(26)21(23)28/h1-4,6-8,10,18,24H,5,9,11-14H2,(H2,23,28)(H,25,27). The first-order valence-corrected chi connectivity index (χ1v) is 11.8. The van der Waals surface area contributed by atoms with Crippen molar-refractivity contribution in [3.63, 3.8) is 0 Å². The number of likely N-dealkylation sites (tertiary alicyclic amines) is 1. The van der Waals surface area contributed by atoms with E-state index >= 15 is 0 Å². The first kappa shape index (κ1) is 23.2. The molecule has 1 fully saturated rings. The van der Waals surface area contributed by atoms with Crippen LogP contribution in [0.1, 0.15) is 24.8 Å². The van der Waals surface area contributed by atoms with E-state index in [9.17, 15) is 18.0 Å². The van der Waals surface area contributed by atoms with Gasteiger partial charge in [0.1, 0.15) is 4.90 Å². The largest absolute Gasteiger partial charge is 0.368 e. The van der Waals surface area contributed by atoms with Crippen LogP contribution in [0.5, 0.6) is 0 Å². The summed E-state index contributed by atoms with van der Waals surface area (Å²) < 4.78 is 27.1. The van der Waals surface area contributed by atoms with Crippen LogP contribution in [0.2, 0.25) is 5.02 Å². The quantitative estimate of drug-likeness (QED) is 0.524. The van der Waals surface area contributed by atoms with Gasteiger partial charge in [0.25, 0.3) is 0 Å². The van der Waals surface area contributed by atoms with E-state index in [4.69, 9.17) is 17.3 Å². The Bertz CT molecular complexity index is 1060. The third kappa shape index (κ3) is 6.04. The summed E-state index contributed by atoms with van der Waals surface area (Å²) in [5, 5.41) is 2.94. The van der Waals surface area contributed by atoms with Gasteiger partial charge >= 0.3 is 0 Å². The summed E-state index contributed by atoms with van der Waals surface area (Å²) in [5.41, 5.74) is 6.97. The van der Waals surface area contributed by atoms with Crippen molar-refractivity contribution in [2.75, 3.05) is 18.4 Å². The van der Waals surface area contributed by atoms with Crippen molar-refractivity contribution >= 4 is 39.1 Å². The fraction of sp³-hybridized carbons (Fsp3) is 0.333. The van der Waals surface area contributed by atoms with Crippen LogP contribution < -0.4 is 15.8 Å². The minimum atomic E-state index is -3.81. The lowest BCUT2D eigenvalue weighted by Gasteiger charge is -2.23. The lowest BCUT2D eigenvalue weighted by Crippen LogP contribution is -2.39. The molecule has 0 aromatic heterocycles. The number of para-hydroxylation sites is 1. The summed E-state index contributed by atoms with van der Waals surface area (Å²) in [4.78, 5) is 26.0. The number of benzene rings is 2. The molecule has 3 rings (SSSR count). The van der Waals surface area contributed by atoms with E-state index < -0.39 is 10.0 Å². The molecule has 1 saturated heterocycles. The molecule has 10 heteroatoms. The van der Waals surface area contributed by atoms with Crippen LogP contribution in [0, 0.1) is 0 Å². The van der Waals surface area contributed by atoms with Gasteiger partial charge in [-0.3, -0.25) is 14.5 Å². The zero-order valence-corrected chi connectivity index (χ0v) is 18.5. The van der Waals surface area contributed by atoms with Crippen molar-refractivity contribution < 1.29 is 18.0 Å². The van der Waals surface area contributed by atoms with Crippen LogP contribution in [0.15, 0.2) is 53.4 Å². The van der Waals surface area contributed by atoms with Crippen molar-refractivity contribution in [3.8, 4) is 0 Å². The lowest BCUT2D eigenvalue weighted by molar-refractivity contribution is -0.122. The van der Waals surface area contributed by atoms with Crippen LogP contribution >= 0.6 is 11.6 Å². The Morgan fingerprint density at radius 2 is 1.84 bits per heavy atom. The van der Waals surface area contributed by atoms with Gasteiger partial charge in [0, 0.05) is 25.2 Å². The Labute approximate surface area is 186 Å². The molecule has 1 aliphatic rings. The average Bonchev–Trinajstić information content (AvgIpc) is 3.18. The summed E-state index contributed by atoms with van der Waals surface area (Å²) in [6.45, 7) is 1.18. The summed E-state index contributed by atoms with van der Waals surface area (Å²) >= 11 is 5.94. The molecule has 1 aliphatic heterocycles. The Kier molecular flexibility index (Phi) is 7.66. The second-order valence-corrected chi connectivity index (χ2v) is 9.46. The maximum Gasteiger partial charge on any atom is 0.242 e. The first-order chi connectivity index (χ1) is 14.8. The second kappa shape index (κ2) is 10.2. The molecule has 0 bridgehead atoms. The molecule has 2 amide bonds. The van der Waals surface area contributed by atoms with Crippen LogP contribution in [0.3, 0.4) is 0 Å². The van der Waals surface area contributed by atoms with Crippen molar-refractivity contribution in [1.82, 2.24) is 9.62 Å². The van der Waals surface area contributed by atoms with Crippen LogP contribution in [0.4, 0.5) is 5.69 Å². The highest BCUT2D eigenvalue weighted by molar-refractivity contribution is 7.89. The minimum Gasteiger partial charge on any atom is -0.368 e. The maximum absolute atomic E-state index is 12.4. The molecule has 31 heavy (non-hydrogen) atoms. The molecule has 2 aromatic carbocycles. The van der Waals surface area contributed by atoms with Gasteiger partial charge in [-0.05, 0) is 43.1 Å². The van der Waals surface area contributed by atoms with E-state index in [1.165, 1.54) is 12.1 Å². The van der Waals surface area contributed by atoms with Crippen molar-refractivity contribution in [2.24, 2.45) is 5.73 Å². The molecule has 2 aromatic rings. The van der Waals surface area contributed by atoms with Gasteiger partial charge in [0.2, 0.25) is 21.8 Å². The molecular formula is C21H25ClN4O4S. The Balaban J connectivity index is 1.58. The number of nitrogens with zero attached hydrogens (tertiary/aromatic N) is 1. The molecule has 1 heterocycles. The number of hydrogen-bond acceptors (Lipinski definition) is 5. The highest BCUT2D eigenvalue weighted by Crippen LogP contribution is 2.24. The van der Waals surface area contributed by atoms with Crippen LogP contribution in [-0.2, 0) is 26.2 Å². The molecule has 166 valence electrons. The third-order valence-corrected chi connectivity index (χ3v) is 7.09. The van der Waals surface area contributed by atoms with E-state index in [-0.39, 0.29) is 40.7 Å². The topological polar surface area (TPSA) is 122 Å². The van der Waals surface area contributed by atoms with Gasteiger partial charge in [-0.15, -0.1) is 0 Å². The van der Waals surface area contributed by atoms with Crippen LogP contribution in [-0.4, -0.2) is 44.3 Å². The fourth-order valence-corrected chi connectivity index (χ4v) is 5.14. The number of nitrogens with two attached hydrogens (primary N) is 1. The highest BCUT2D eigenvalue weighted by atomic mass is 35.5. The van der Waals surface area contributed by atoms with E-state index in [0.29, 0.717) is 12.2 Å². The molecule has 1 unspecified atom stereocenters. The number of halogens is 1. The summed E-state index contributed by atoms with van der Waals surface area (Å²) in [5.74, 6) is -0.674. The Morgan fingerprint density at radius 1 is 1.13 bits per heavy atom. The number of anilines is 1. The predicted molar refractivity (Wildman–Crippen MR) is 119 cm³/mol. The zero-order chi connectivity index (χ0) is 22.4. The zero-order valence-electron chi connectivity index (χ0n) is 16.9. The van der Waals surface area contributed by atoms with Gasteiger partial charge in [-0.25, -0.2) is 13.1 Å². The first-order valence-electron chi connectivity index (χ1n) is 9.93. The number of rotatable bonds is 9. The van der Waals surface area contributed by atoms with E-state index in [2.05, 4.69) is 10.0 Å². The van der Waals surface area contributed by atoms with Gasteiger partial charge in [-0.1, -0.05) is 41.9 Å². The maximum atomic E-state index is 12.4. The molecule has 0 aliphatic carbocycles. The monoisotopic (exact) mass is 464 g/mol. The van der Waals surface area contributed by atoms with E-state index in [0.717, 1.165) is 24.9 Å². The number of nitrogens with one attached hydrogen (secondary N) is 2. The summed E-state index contributed by atoms with van der Waals surface area (Å²) in [7, 11) is -3.81. The number of carbonyl (C=O) groups is 2. The third-order valence-electron chi connectivity index (χ3n) is 5.13. The molecule has 1 atom stereocenters. The molecule has 8 nitrogen and oxygen atoms in total. The molecule has 0 saturated carbocycles. The van der Waals surface area contributed by atoms with Crippen molar-refractivity contribution in [2.45, 2.75) is 36.7 Å². The Morgan fingerprint density at radius 3 is 2.58 bits per heavy atom. The molecule has 0 radical (unpaired) electrons. The number of sulfonamides is 1. The van der Waals surface area contributed by atoms with Gasteiger partial charge in [0.05, 0.1) is 11.1 Å². The van der Waals surface area contributed by atoms with E-state index in [1.54, 1.807) is 24.3 Å². The van der Waals surface area contributed by atoms with Crippen molar-refractivity contribution in [1.29, 1.82) is 0 Å². The molecular weight excluding hydrogens is 440 g/mol. The predicted octanol–water partition coefficient (Wildman–Crippen LogP) is 2.10. The highest BCUT2D eigenvalue weighted by Gasteiger charge is 2.29. The molecule has 0 spiro atoms. The number of carbonyl (C=O) groups excluding carboxylic acids is 2. The number of primary amides is 1. The second-order valence-electron chi connectivity index (χ2n) is 7.31. The fourth-order valence-electron chi connectivity index (χ4n) is 3.59. The Hall–Kier alpha value is -2.46. The van der Waals surface area contributed by atoms with Crippen molar-refractivity contribution in [3.05, 3.63) is 59.1 Å². The SMILES string of the molecule is NC(=O)C1CCCN1Cc1ccccc1NC(=O)CCNS(=O)(=O)c1ccccc1Cl.